The minimum atomic E-state index is 0.121. The van der Waals surface area contributed by atoms with Crippen LogP contribution in [0.2, 0.25) is 5.02 Å². The molecule has 0 unspecified atom stereocenters. The first kappa shape index (κ1) is 18.3. The van der Waals surface area contributed by atoms with Gasteiger partial charge in [0.2, 0.25) is 0 Å². The van der Waals surface area contributed by atoms with Crippen molar-refractivity contribution in [1.29, 1.82) is 0 Å². The lowest BCUT2D eigenvalue weighted by Gasteiger charge is -2.03. The second-order valence-corrected chi connectivity index (χ2v) is 7.11. The van der Waals surface area contributed by atoms with Crippen molar-refractivity contribution in [3.63, 3.8) is 0 Å². The molecule has 30 heavy (non-hydrogen) atoms. The molecule has 0 N–H and O–H groups in total. The van der Waals surface area contributed by atoms with Gasteiger partial charge in [-0.05, 0) is 25.1 Å². The maximum absolute atomic E-state index is 6.09. The monoisotopic (exact) mass is 417 g/mol. The Balaban J connectivity index is 1.40. The number of fused-ring (bicyclic) bond motifs is 3. The Morgan fingerprint density at radius 3 is 2.77 bits per heavy atom. The first-order chi connectivity index (χ1) is 14.7. The fourth-order valence-electron chi connectivity index (χ4n) is 3.07. The molecular weight excluding hydrogens is 402 g/mol. The number of aromatic nitrogens is 6. The molecule has 0 aliphatic heterocycles. The average molecular weight is 418 g/mol. The van der Waals surface area contributed by atoms with Crippen LogP contribution in [-0.2, 0) is 11.4 Å². The Morgan fingerprint density at radius 1 is 1.10 bits per heavy atom. The molecule has 0 spiro atoms. The predicted molar refractivity (Wildman–Crippen MR) is 114 cm³/mol. The predicted octanol–water partition coefficient (Wildman–Crippen LogP) is 3.98. The van der Waals surface area contributed by atoms with Crippen LogP contribution < -0.4 is 0 Å². The zero-order valence-corrected chi connectivity index (χ0v) is 16.7. The van der Waals surface area contributed by atoms with Crippen molar-refractivity contribution in [3.8, 4) is 5.69 Å². The number of rotatable bonds is 5. The third kappa shape index (κ3) is 3.37. The van der Waals surface area contributed by atoms with Gasteiger partial charge in [-0.1, -0.05) is 52.7 Å². The quantitative estimate of drug-likeness (QED) is 0.319. The summed E-state index contributed by atoms with van der Waals surface area (Å²) in [6.07, 6.45) is 4.92. The maximum atomic E-state index is 6.09. The first-order valence-corrected chi connectivity index (χ1v) is 9.62. The van der Waals surface area contributed by atoms with Gasteiger partial charge in [-0.2, -0.15) is 5.10 Å². The van der Waals surface area contributed by atoms with Gasteiger partial charge in [-0.15, -0.1) is 5.10 Å². The Hall–Kier alpha value is -3.78. The molecular formula is C21H16ClN7O. The largest absolute Gasteiger partial charge is 0.387 e. The Labute approximate surface area is 176 Å². The minimum Gasteiger partial charge on any atom is -0.387 e. The van der Waals surface area contributed by atoms with Crippen LogP contribution in [0.1, 0.15) is 17.0 Å². The topological polar surface area (TPSA) is 82.5 Å². The molecule has 9 heteroatoms. The normalized spacial score (nSPS) is 11.7. The van der Waals surface area contributed by atoms with E-state index in [0.717, 1.165) is 16.6 Å². The molecule has 8 nitrogen and oxygen atoms in total. The fraction of sp³-hybridized carbons (Fsp3) is 0.0952. The highest BCUT2D eigenvalue weighted by Crippen LogP contribution is 2.20. The summed E-state index contributed by atoms with van der Waals surface area (Å²) in [5.41, 5.74) is 4.26. The van der Waals surface area contributed by atoms with Gasteiger partial charge in [0.05, 0.1) is 23.5 Å². The van der Waals surface area contributed by atoms with E-state index in [4.69, 9.17) is 16.4 Å². The minimum absolute atomic E-state index is 0.121. The summed E-state index contributed by atoms with van der Waals surface area (Å²) in [6.45, 7) is 2.17. The van der Waals surface area contributed by atoms with E-state index in [1.165, 1.54) is 5.56 Å². The molecule has 0 saturated heterocycles. The van der Waals surface area contributed by atoms with Crippen molar-refractivity contribution >= 4 is 34.5 Å². The molecule has 0 atom stereocenters. The molecule has 0 bridgehead atoms. The van der Waals surface area contributed by atoms with Crippen molar-refractivity contribution < 1.29 is 4.84 Å². The van der Waals surface area contributed by atoms with Crippen LogP contribution in [0.5, 0.6) is 0 Å². The van der Waals surface area contributed by atoms with E-state index in [9.17, 15) is 0 Å². The fourth-order valence-corrected chi connectivity index (χ4v) is 3.25. The molecule has 0 aliphatic carbocycles. The number of oxime groups is 1. The van der Waals surface area contributed by atoms with Crippen molar-refractivity contribution in [3.05, 3.63) is 83.0 Å². The number of hydrogen-bond donors (Lipinski definition) is 0. The summed E-state index contributed by atoms with van der Waals surface area (Å²) >= 11 is 6.09. The van der Waals surface area contributed by atoms with Gasteiger partial charge in [-0.3, -0.25) is 0 Å². The summed E-state index contributed by atoms with van der Waals surface area (Å²) in [5.74, 6) is 0.490. The lowest BCUT2D eigenvalue weighted by molar-refractivity contribution is 0.126. The highest BCUT2D eigenvalue weighted by Gasteiger charge is 2.13. The van der Waals surface area contributed by atoms with Gasteiger partial charge in [0.15, 0.2) is 23.7 Å². The van der Waals surface area contributed by atoms with Gasteiger partial charge >= 0.3 is 0 Å². The van der Waals surface area contributed by atoms with Gasteiger partial charge in [0.25, 0.3) is 0 Å². The Bertz CT molecular complexity index is 1370. The summed E-state index contributed by atoms with van der Waals surface area (Å²) in [4.78, 5) is 14.4. The second kappa shape index (κ2) is 7.57. The van der Waals surface area contributed by atoms with E-state index in [2.05, 4.69) is 25.3 Å². The molecule has 3 heterocycles. The highest BCUT2D eigenvalue weighted by molar-refractivity contribution is 6.33. The molecule has 0 amide bonds. The molecule has 0 fully saturated rings. The van der Waals surface area contributed by atoms with Crippen LogP contribution >= 0.6 is 11.6 Å². The van der Waals surface area contributed by atoms with Crippen molar-refractivity contribution in [2.45, 2.75) is 13.5 Å². The third-order valence-electron chi connectivity index (χ3n) is 4.59. The van der Waals surface area contributed by atoms with E-state index in [1.807, 2.05) is 49.4 Å². The highest BCUT2D eigenvalue weighted by atomic mass is 35.5. The van der Waals surface area contributed by atoms with E-state index in [1.54, 1.807) is 34.0 Å². The molecule has 2 aromatic carbocycles. The van der Waals surface area contributed by atoms with E-state index < -0.39 is 0 Å². The number of aryl methyl sites for hydroxylation is 1. The summed E-state index contributed by atoms with van der Waals surface area (Å²) in [7, 11) is 0. The van der Waals surface area contributed by atoms with Gasteiger partial charge in [0.1, 0.15) is 6.33 Å². The zero-order chi connectivity index (χ0) is 20.5. The molecule has 3 aromatic heterocycles. The standard InChI is InChI=1S/C21H16ClN7O/c1-14-6-8-16(9-7-14)29-20-17(11-24-29)21-26-19(27-28(21)13-23-20)12-30-25-10-15-4-2-3-5-18(15)22/h2-11,13H,12H2,1H3/b25-10-. The lowest BCUT2D eigenvalue weighted by atomic mass is 10.2. The van der Waals surface area contributed by atoms with Crippen LogP contribution in [0.3, 0.4) is 0 Å². The summed E-state index contributed by atoms with van der Waals surface area (Å²) < 4.78 is 3.40. The summed E-state index contributed by atoms with van der Waals surface area (Å²) in [5, 5.41) is 14.2. The first-order valence-electron chi connectivity index (χ1n) is 9.24. The van der Waals surface area contributed by atoms with Crippen molar-refractivity contribution in [2.24, 2.45) is 5.16 Å². The van der Waals surface area contributed by atoms with Gasteiger partial charge < -0.3 is 4.84 Å². The average Bonchev–Trinajstić information content (AvgIpc) is 3.36. The SMILES string of the molecule is Cc1ccc(-n2ncc3c2ncn2nc(CO/N=C\c4ccccc4Cl)nc32)cc1. The van der Waals surface area contributed by atoms with Gasteiger partial charge in [-0.25, -0.2) is 19.2 Å². The van der Waals surface area contributed by atoms with Gasteiger partial charge in [0, 0.05) is 10.6 Å². The smallest absolute Gasteiger partial charge is 0.192 e. The van der Waals surface area contributed by atoms with Crippen LogP contribution in [0.15, 0.2) is 66.2 Å². The van der Waals surface area contributed by atoms with Crippen LogP contribution in [0.4, 0.5) is 0 Å². The number of nitrogens with zero attached hydrogens (tertiary/aromatic N) is 7. The third-order valence-corrected chi connectivity index (χ3v) is 4.94. The van der Waals surface area contributed by atoms with E-state index in [0.29, 0.717) is 22.1 Å². The van der Waals surface area contributed by atoms with Crippen molar-refractivity contribution in [2.75, 3.05) is 0 Å². The number of hydrogen-bond acceptors (Lipinski definition) is 6. The molecule has 0 saturated carbocycles. The van der Waals surface area contributed by atoms with E-state index in [-0.39, 0.29) is 6.61 Å². The maximum Gasteiger partial charge on any atom is 0.192 e. The molecule has 5 aromatic rings. The Kier molecular flexibility index (Phi) is 4.61. The number of benzene rings is 2. The second-order valence-electron chi connectivity index (χ2n) is 6.70. The van der Waals surface area contributed by atoms with Crippen LogP contribution in [-0.4, -0.2) is 35.6 Å². The lowest BCUT2D eigenvalue weighted by Crippen LogP contribution is -1.99. The molecule has 148 valence electrons. The molecule has 0 radical (unpaired) electrons. The van der Waals surface area contributed by atoms with Crippen molar-refractivity contribution in [1.82, 2.24) is 29.4 Å². The molecule has 0 aliphatic rings. The Morgan fingerprint density at radius 2 is 1.93 bits per heavy atom. The van der Waals surface area contributed by atoms with E-state index >= 15 is 0 Å². The number of halogens is 1. The zero-order valence-electron chi connectivity index (χ0n) is 16.0. The van der Waals surface area contributed by atoms with Crippen LogP contribution in [0.25, 0.3) is 22.4 Å². The van der Waals surface area contributed by atoms with Crippen LogP contribution in [0, 0.1) is 6.92 Å². The molecule has 5 rings (SSSR count). The summed E-state index contributed by atoms with van der Waals surface area (Å²) in [6, 6.07) is 15.5.